The second kappa shape index (κ2) is 4.19. The second-order valence-electron chi connectivity index (χ2n) is 3.52. The van der Waals surface area contributed by atoms with Crippen LogP contribution < -0.4 is 0 Å². The van der Waals surface area contributed by atoms with Gasteiger partial charge in [-0.25, -0.2) is 4.98 Å². The highest BCUT2D eigenvalue weighted by Crippen LogP contribution is 2.20. The lowest BCUT2D eigenvalue weighted by Gasteiger charge is -1.99. The summed E-state index contributed by atoms with van der Waals surface area (Å²) in [6, 6.07) is 8.11. The molecule has 0 saturated carbocycles. The highest BCUT2D eigenvalue weighted by Gasteiger charge is 2.07. The average molecular weight is 266 g/mol. The molecule has 0 aliphatic rings. The van der Waals surface area contributed by atoms with Crippen molar-refractivity contribution < 1.29 is 4.42 Å². The molecule has 3 heteroatoms. The summed E-state index contributed by atoms with van der Waals surface area (Å²) < 4.78 is 6.64. The molecule has 0 aliphatic carbocycles. The van der Waals surface area contributed by atoms with E-state index in [1.54, 1.807) is 0 Å². The SMILES string of the molecule is Cc1nc(Cc2ccccc2Br)oc1C. The first-order valence-electron chi connectivity index (χ1n) is 4.83. The normalized spacial score (nSPS) is 10.6. The van der Waals surface area contributed by atoms with Crippen LogP contribution in [0.5, 0.6) is 0 Å². The summed E-state index contributed by atoms with van der Waals surface area (Å²) in [7, 11) is 0. The highest BCUT2D eigenvalue weighted by molar-refractivity contribution is 9.10. The van der Waals surface area contributed by atoms with E-state index in [0.717, 1.165) is 28.2 Å². The van der Waals surface area contributed by atoms with E-state index in [4.69, 9.17) is 4.42 Å². The quantitative estimate of drug-likeness (QED) is 0.829. The van der Waals surface area contributed by atoms with E-state index in [2.05, 4.69) is 27.0 Å². The molecule has 1 aromatic heterocycles. The molecule has 0 bridgehead atoms. The van der Waals surface area contributed by atoms with Gasteiger partial charge in [0.05, 0.1) is 12.1 Å². The number of aryl methyl sites for hydroxylation is 2. The van der Waals surface area contributed by atoms with E-state index in [0.29, 0.717) is 0 Å². The molecule has 2 aromatic rings. The van der Waals surface area contributed by atoms with Crippen molar-refractivity contribution in [3.63, 3.8) is 0 Å². The zero-order chi connectivity index (χ0) is 10.8. The van der Waals surface area contributed by atoms with Crippen LogP contribution in [-0.2, 0) is 6.42 Å². The maximum Gasteiger partial charge on any atom is 0.199 e. The van der Waals surface area contributed by atoms with Crippen molar-refractivity contribution in [1.82, 2.24) is 4.98 Å². The Kier molecular flexibility index (Phi) is 2.91. The molecule has 0 atom stereocenters. The summed E-state index contributed by atoms with van der Waals surface area (Å²) >= 11 is 3.51. The third-order valence-electron chi connectivity index (χ3n) is 2.37. The molecule has 78 valence electrons. The van der Waals surface area contributed by atoms with Crippen molar-refractivity contribution in [1.29, 1.82) is 0 Å². The number of rotatable bonds is 2. The first kappa shape index (κ1) is 10.4. The number of nitrogens with zero attached hydrogens (tertiary/aromatic N) is 1. The van der Waals surface area contributed by atoms with Gasteiger partial charge in [-0.05, 0) is 25.5 Å². The smallest absolute Gasteiger partial charge is 0.199 e. The van der Waals surface area contributed by atoms with Gasteiger partial charge >= 0.3 is 0 Å². The lowest BCUT2D eigenvalue weighted by molar-refractivity contribution is 0.480. The fraction of sp³-hybridized carbons (Fsp3) is 0.250. The molecular formula is C12H12BrNO. The van der Waals surface area contributed by atoms with Crippen molar-refractivity contribution in [3.05, 3.63) is 51.6 Å². The minimum absolute atomic E-state index is 0.732. The van der Waals surface area contributed by atoms with Gasteiger partial charge in [0.1, 0.15) is 5.76 Å². The Morgan fingerprint density at radius 1 is 1.27 bits per heavy atom. The molecule has 0 N–H and O–H groups in total. The monoisotopic (exact) mass is 265 g/mol. The molecular weight excluding hydrogens is 254 g/mol. The molecule has 2 rings (SSSR count). The predicted molar refractivity (Wildman–Crippen MR) is 62.9 cm³/mol. The number of hydrogen-bond donors (Lipinski definition) is 0. The van der Waals surface area contributed by atoms with E-state index in [1.165, 1.54) is 5.56 Å². The van der Waals surface area contributed by atoms with E-state index in [-0.39, 0.29) is 0 Å². The molecule has 0 unspecified atom stereocenters. The number of benzene rings is 1. The molecule has 0 radical (unpaired) electrons. The van der Waals surface area contributed by atoms with Crippen LogP contribution in [-0.4, -0.2) is 4.98 Å². The van der Waals surface area contributed by atoms with Crippen LogP contribution in [0.4, 0.5) is 0 Å². The van der Waals surface area contributed by atoms with Gasteiger partial charge in [-0.3, -0.25) is 0 Å². The van der Waals surface area contributed by atoms with Crippen LogP contribution in [0.2, 0.25) is 0 Å². The fourth-order valence-electron chi connectivity index (χ4n) is 1.42. The number of oxazole rings is 1. The van der Waals surface area contributed by atoms with Gasteiger partial charge in [0.2, 0.25) is 0 Å². The lowest BCUT2D eigenvalue weighted by atomic mass is 10.1. The third-order valence-corrected chi connectivity index (χ3v) is 3.15. The molecule has 0 amide bonds. The van der Waals surface area contributed by atoms with Gasteiger partial charge < -0.3 is 4.42 Å². The van der Waals surface area contributed by atoms with Gasteiger partial charge in [0.15, 0.2) is 5.89 Å². The summed E-state index contributed by atoms with van der Waals surface area (Å²) in [6.45, 7) is 3.90. The van der Waals surface area contributed by atoms with Crippen molar-refractivity contribution in [2.45, 2.75) is 20.3 Å². The second-order valence-corrected chi connectivity index (χ2v) is 4.37. The Morgan fingerprint density at radius 2 is 2.00 bits per heavy atom. The Bertz CT molecular complexity index is 457. The van der Waals surface area contributed by atoms with E-state index in [1.807, 2.05) is 32.0 Å². The van der Waals surface area contributed by atoms with Crippen molar-refractivity contribution in [2.24, 2.45) is 0 Å². The van der Waals surface area contributed by atoms with E-state index < -0.39 is 0 Å². The van der Waals surface area contributed by atoms with Crippen LogP contribution in [0, 0.1) is 13.8 Å². The molecule has 15 heavy (non-hydrogen) atoms. The first-order chi connectivity index (χ1) is 7.16. The van der Waals surface area contributed by atoms with Crippen molar-refractivity contribution >= 4 is 15.9 Å². The molecule has 1 aromatic carbocycles. The standard InChI is InChI=1S/C12H12BrNO/c1-8-9(2)15-12(14-8)7-10-5-3-4-6-11(10)13/h3-6H,7H2,1-2H3. The third kappa shape index (κ3) is 2.29. The van der Waals surface area contributed by atoms with Gasteiger partial charge in [-0.15, -0.1) is 0 Å². The predicted octanol–water partition coefficient (Wildman–Crippen LogP) is 3.64. The molecule has 0 spiro atoms. The average Bonchev–Trinajstić information content (AvgIpc) is 2.50. The highest BCUT2D eigenvalue weighted by atomic mass is 79.9. The van der Waals surface area contributed by atoms with Crippen LogP contribution in [0.1, 0.15) is 22.9 Å². The molecule has 1 heterocycles. The maximum absolute atomic E-state index is 5.54. The fourth-order valence-corrected chi connectivity index (χ4v) is 1.84. The Morgan fingerprint density at radius 3 is 2.60 bits per heavy atom. The summed E-state index contributed by atoms with van der Waals surface area (Å²) in [4.78, 5) is 4.36. The number of hydrogen-bond acceptors (Lipinski definition) is 2. The van der Waals surface area contributed by atoms with Gasteiger partial charge in [0.25, 0.3) is 0 Å². The summed E-state index contributed by atoms with van der Waals surface area (Å²) in [5.41, 5.74) is 2.16. The topological polar surface area (TPSA) is 26.0 Å². The largest absolute Gasteiger partial charge is 0.445 e. The number of halogens is 1. The summed E-state index contributed by atoms with van der Waals surface area (Å²) in [6.07, 6.45) is 0.732. The van der Waals surface area contributed by atoms with Crippen molar-refractivity contribution in [2.75, 3.05) is 0 Å². The van der Waals surface area contributed by atoms with Gasteiger partial charge in [-0.2, -0.15) is 0 Å². The lowest BCUT2D eigenvalue weighted by Crippen LogP contribution is -1.89. The van der Waals surface area contributed by atoms with E-state index in [9.17, 15) is 0 Å². The molecule has 0 saturated heterocycles. The van der Waals surface area contributed by atoms with Crippen LogP contribution >= 0.6 is 15.9 Å². The van der Waals surface area contributed by atoms with Crippen LogP contribution in [0.25, 0.3) is 0 Å². The van der Waals surface area contributed by atoms with E-state index >= 15 is 0 Å². The zero-order valence-corrected chi connectivity index (χ0v) is 10.3. The van der Waals surface area contributed by atoms with Crippen LogP contribution in [0.3, 0.4) is 0 Å². The molecule has 0 aliphatic heterocycles. The van der Waals surface area contributed by atoms with Crippen molar-refractivity contribution in [3.8, 4) is 0 Å². The van der Waals surface area contributed by atoms with Gasteiger partial charge in [-0.1, -0.05) is 34.1 Å². The Labute approximate surface area is 97.5 Å². The minimum atomic E-state index is 0.732. The van der Waals surface area contributed by atoms with Crippen LogP contribution in [0.15, 0.2) is 33.2 Å². The Balaban J connectivity index is 2.26. The summed E-state index contributed by atoms with van der Waals surface area (Å²) in [5.74, 6) is 1.67. The number of aromatic nitrogens is 1. The maximum atomic E-state index is 5.54. The zero-order valence-electron chi connectivity index (χ0n) is 8.75. The Hall–Kier alpha value is -1.09. The summed E-state index contributed by atoms with van der Waals surface area (Å²) in [5, 5.41) is 0. The first-order valence-corrected chi connectivity index (χ1v) is 5.62. The molecule has 0 fully saturated rings. The molecule has 2 nitrogen and oxygen atoms in total. The minimum Gasteiger partial charge on any atom is -0.445 e. The van der Waals surface area contributed by atoms with Gasteiger partial charge in [0, 0.05) is 4.47 Å².